The molecule has 2 N–H and O–H groups in total. The number of carbonyl (C=O) groups excluding carboxylic acids is 1. The van der Waals surface area contributed by atoms with Crippen LogP contribution in [-0.2, 0) is 23.2 Å². The number of hydrogen-bond donors (Lipinski definition) is 2. The summed E-state index contributed by atoms with van der Waals surface area (Å²) in [6.45, 7) is 1.14. The molecule has 21 heavy (non-hydrogen) atoms. The lowest BCUT2D eigenvalue weighted by Gasteiger charge is -2.26. The number of aliphatic carboxylic acids is 1. The van der Waals surface area contributed by atoms with E-state index in [0.29, 0.717) is 0 Å². The highest BCUT2D eigenvalue weighted by Gasteiger charge is 2.48. The second-order valence-electron chi connectivity index (χ2n) is 5.45. The summed E-state index contributed by atoms with van der Waals surface area (Å²) in [5, 5.41) is 11.7. The molecule has 0 spiro atoms. The lowest BCUT2D eigenvalue weighted by Crippen LogP contribution is -2.55. The normalized spacial score (nSPS) is 17.0. The summed E-state index contributed by atoms with van der Waals surface area (Å²) in [4.78, 5) is 46.4. The van der Waals surface area contributed by atoms with Crippen LogP contribution in [0.3, 0.4) is 0 Å². The number of rotatable bonds is 5. The Morgan fingerprint density at radius 3 is 2.57 bits per heavy atom. The second kappa shape index (κ2) is 5.19. The summed E-state index contributed by atoms with van der Waals surface area (Å²) in [5.74, 6) is -1.76. The maximum atomic E-state index is 12.0. The van der Waals surface area contributed by atoms with Crippen LogP contribution in [0.5, 0.6) is 0 Å². The van der Waals surface area contributed by atoms with Gasteiger partial charge in [0.1, 0.15) is 12.1 Å². The minimum Gasteiger partial charge on any atom is -0.480 e. The van der Waals surface area contributed by atoms with E-state index in [1.54, 1.807) is 0 Å². The molecule has 1 aromatic rings. The quantitative estimate of drug-likeness (QED) is 0.717. The Kier molecular flexibility index (Phi) is 3.71. The number of carboxylic acid groups (broad SMARTS) is 1. The van der Waals surface area contributed by atoms with E-state index in [1.807, 2.05) is 0 Å². The van der Waals surface area contributed by atoms with Crippen LogP contribution in [0.1, 0.15) is 19.8 Å². The van der Waals surface area contributed by atoms with Gasteiger partial charge in [-0.1, -0.05) is 0 Å². The van der Waals surface area contributed by atoms with Crippen molar-refractivity contribution in [1.82, 2.24) is 14.5 Å². The number of nitrogens with one attached hydrogen (secondary N) is 1. The Bertz CT molecular complexity index is 700. The van der Waals surface area contributed by atoms with Gasteiger partial charge in [-0.05, 0) is 25.7 Å². The van der Waals surface area contributed by atoms with Crippen LogP contribution < -0.4 is 16.6 Å². The lowest BCUT2D eigenvalue weighted by molar-refractivity contribution is -0.148. The van der Waals surface area contributed by atoms with E-state index in [9.17, 15) is 24.3 Å². The molecular formula is C13H17N3O5. The summed E-state index contributed by atoms with van der Waals surface area (Å²) in [6.07, 6.45) is 2.73. The highest BCUT2D eigenvalue weighted by molar-refractivity contribution is 5.87. The van der Waals surface area contributed by atoms with E-state index in [0.717, 1.165) is 22.0 Å². The van der Waals surface area contributed by atoms with Crippen molar-refractivity contribution in [2.24, 2.45) is 13.0 Å². The van der Waals surface area contributed by atoms with E-state index >= 15 is 0 Å². The van der Waals surface area contributed by atoms with Crippen molar-refractivity contribution < 1.29 is 14.7 Å². The Morgan fingerprint density at radius 1 is 1.43 bits per heavy atom. The van der Waals surface area contributed by atoms with Gasteiger partial charge in [0.2, 0.25) is 5.91 Å². The van der Waals surface area contributed by atoms with Gasteiger partial charge in [0.05, 0.1) is 0 Å². The fraction of sp³-hybridized carbons (Fsp3) is 0.538. The van der Waals surface area contributed by atoms with Gasteiger partial charge in [-0.3, -0.25) is 18.7 Å². The van der Waals surface area contributed by atoms with Gasteiger partial charge in [0, 0.05) is 19.3 Å². The molecule has 1 aromatic heterocycles. The van der Waals surface area contributed by atoms with E-state index < -0.39 is 28.7 Å². The van der Waals surface area contributed by atoms with E-state index in [1.165, 1.54) is 26.2 Å². The first kappa shape index (κ1) is 15.0. The van der Waals surface area contributed by atoms with Crippen LogP contribution in [0.2, 0.25) is 0 Å². The first-order valence-electron chi connectivity index (χ1n) is 6.56. The summed E-state index contributed by atoms with van der Waals surface area (Å²) in [5.41, 5.74) is -2.41. The average Bonchev–Trinajstić information content (AvgIpc) is 3.24. The Morgan fingerprint density at radius 2 is 2.05 bits per heavy atom. The molecule has 1 atom stereocenters. The van der Waals surface area contributed by atoms with Crippen molar-refractivity contribution in [1.29, 1.82) is 0 Å². The van der Waals surface area contributed by atoms with Gasteiger partial charge < -0.3 is 10.4 Å². The zero-order valence-corrected chi connectivity index (χ0v) is 11.8. The lowest BCUT2D eigenvalue weighted by atomic mass is 9.96. The molecule has 8 heteroatoms. The minimum atomic E-state index is -1.32. The second-order valence-corrected chi connectivity index (χ2v) is 5.45. The van der Waals surface area contributed by atoms with Crippen LogP contribution in [0.15, 0.2) is 21.9 Å². The molecule has 0 saturated heterocycles. The fourth-order valence-electron chi connectivity index (χ4n) is 2.21. The first-order valence-corrected chi connectivity index (χ1v) is 6.56. The van der Waals surface area contributed by atoms with Gasteiger partial charge in [0.15, 0.2) is 0 Å². The number of nitrogens with zero attached hydrogens (tertiary/aromatic N) is 2. The third-order valence-electron chi connectivity index (χ3n) is 3.81. The van der Waals surface area contributed by atoms with Crippen LogP contribution >= 0.6 is 0 Å². The molecule has 1 amide bonds. The number of hydrogen-bond acceptors (Lipinski definition) is 4. The van der Waals surface area contributed by atoms with E-state index in [2.05, 4.69) is 5.32 Å². The molecule has 1 aliphatic rings. The monoisotopic (exact) mass is 295 g/mol. The molecule has 2 rings (SSSR count). The Labute approximate surface area is 120 Å². The molecule has 1 aliphatic carbocycles. The SMILES string of the molecule is Cn1c(=O)ccn(CC(=O)NC(C)(C(=O)O)C2CC2)c1=O. The standard InChI is InChI=1S/C13H17N3O5/c1-13(11(19)20,8-3-4-8)14-9(17)7-16-6-5-10(18)15(2)12(16)21/h5-6,8H,3-4,7H2,1-2H3,(H,14,17)(H,19,20). The van der Waals surface area contributed by atoms with Crippen molar-refractivity contribution in [2.75, 3.05) is 0 Å². The van der Waals surface area contributed by atoms with Crippen molar-refractivity contribution >= 4 is 11.9 Å². The number of carbonyl (C=O) groups is 2. The van der Waals surface area contributed by atoms with Crippen LogP contribution in [0.4, 0.5) is 0 Å². The molecule has 0 aromatic carbocycles. The molecule has 8 nitrogen and oxygen atoms in total. The molecule has 1 unspecified atom stereocenters. The summed E-state index contributed by atoms with van der Waals surface area (Å²) >= 11 is 0. The summed E-state index contributed by atoms with van der Waals surface area (Å²) in [7, 11) is 1.31. The van der Waals surface area contributed by atoms with Gasteiger partial charge in [-0.25, -0.2) is 9.59 Å². The minimum absolute atomic E-state index is 0.0872. The summed E-state index contributed by atoms with van der Waals surface area (Å²) in [6, 6.07) is 1.17. The van der Waals surface area contributed by atoms with Gasteiger partial charge in [-0.2, -0.15) is 0 Å². The zero-order valence-electron chi connectivity index (χ0n) is 11.8. The maximum Gasteiger partial charge on any atom is 0.331 e. The molecule has 1 saturated carbocycles. The van der Waals surface area contributed by atoms with Crippen LogP contribution in [-0.4, -0.2) is 31.7 Å². The van der Waals surface area contributed by atoms with E-state index in [-0.39, 0.29) is 12.5 Å². The van der Waals surface area contributed by atoms with E-state index in [4.69, 9.17) is 0 Å². The van der Waals surface area contributed by atoms with Crippen molar-refractivity contribution in [3.63, 3.8) is 0 Å². The van der Waals surface area contributed by atoms with Crippen LogP contribution in [0, 0.1) is 5.92 Å². The number of amides is 1. The maximum absolute atomic E-state index is 12.0. The first-order chi connectivity index (χ1) is 9.75. The fourth-order valence-corrected chi connectivity index (χ4v) is 2.21. The predicted octanol–water partition coefficient (Wildman–Crippen LogP) is -1.08. The molecule has 0 radical (unpaired) electrons. The average molecular weight is 295 g/mol. The topological polar surface area (TPSA) is 110 Å². The van der Waals surface area contributed by atoms with Crippen molar-refractivity contribution in [3.05, 3.63) is 33.1 Å². The summed E-state index contributed by atoms with van der Waals surface area (Å²) < 4.78 is 1.94. The molecule has 0 aliphatic heterocycles. The Balaban J connectivity index is 2.15. The van der Waals surface area contributed by atoms with Gasteiger partial charge in [-0.15, -0.1) is 0 Å². The molecular weight excluding hydrogens is 278 g/mol. The molecule has 1 heterocycles. The van der Waals surface area contributed by atoms with Crippen LogP contribution in [0.25, 0.3) is 0 Å². The number of carboxylic acids is 1. The molecule has 0 bridgehead atoms. The highest BCUT2D eigenvalue weighted by Crippen LogP contribution is 2.39. The van der Waals surface area contributed by atoms with Gasteiger partial charge >= 0.3 is 11.7 Å². The predicted molar refractivity (Wildman–Crippen MR) is 72.9 cm³/mol. The number of aromatic nitrogens is 2. The third kappa shape index (κ3) is 2.88. The Hall–Kier alpha value is -2.38. The zero-order chi connectivity index (χ0) is 15.8. The van der Waals surface area contributed by atoms with Crippen molar-refractivity contribution in [2.45, 2.75) is 31.8 Å². The van der Waals surface area contributed by atoms with Gasteiger partial charge in [0.25, 0.3) is 5.56 Å². The highest BCUT2D eigenvalue weighted by atomic mass is 16.4. The smallest absolute Gasteiger partial charge is 0.331 e. The third-order valence-corrected chi connectivity index (χ3v) is 3.81. The molecule has 114 valence electrons. The largest absolute Gasteiger partial charge is 0.480 e. The molecule has 1 fully saturated rings. The van der Waals surface area contributed by atoms with Crippen molar-refractivity contribution in [3.8, 4) is 0 Å².